The molecule has 4 rings (SSSR count). The minimum absolute atomic E-state index is 0.0251. The summed E-state index contributed by atoms with van der Waals surface area (Å²) in [4.78, 5) is 23.1. The zero-order valence-corrected chi connectivity index (χ0v) is 16.7. The summed E-state index contributed by atoms with van der Waals surface area (Å²) in [6.07, 6.45) is 2.02. The average Bonchev–Trinajstić information content (AvgIpc) is 3.25. The molecule has 0 bridgehead atoms. The van der Waals surface area contributed by atoms with E-state index in [9.17, 15) is 9.18 Å². The number of halogens is 1. The number of rotatable bonds is 6. The van der Waals surface area contributed by atoms with Crippen LogP contribution in [0.5, 0.6) is 5.75 Å². The monoisotopic (exact) mass is 406 g/mol. The van der Waals surface area contributed by atoms with Gasteiger partial charge < -0.3 is 15.0 Å². The number of anilines is 2. The summed E-state index contributed by atoms with van der Waals surface area (Å²) in [5.41, 5.74) is 2.64. The van der Waals surface area contributed by atoms with Gasteiger partial charge in [0.15, 0.2) is 6.61 Å². The molecule has 1 amide bonds. The van der Waals surface area contributed by atoms with Gasteiger partial charge in [-0.3, -0.25) is 9.78 Å². The van der Waals surface area contributed by atoms with E-state index in [1.807, 2.05) is 54.3 Å². The van der Waals surface area contributed by atoms with Gasteiger partial charge in [0, 0.05) is 36.1 Å². The lowest BCUT2D eigenvalue weighted by atomic mass is 10.0. The number of likely N-dealkylation sites (tertiary alicyclic amines) is 1. The first-order valence-electron chi connectivity index (χ1n) is 9.89. The Morgan fingerprint density at radius 3 is 2.83 bits per heavy atom. The van der Waals surface area contributed by atoms with Crippen molar-refractivity contribution in [2.75, 3.05) is 25.0 Å². The van der Waals surface area contributed by atoms with E-state index in [4.69, 9.17) is 4.74 Å². The number of aryl methyl sites for hydroxylation is 1. The lowest BCUT2D eigenvalue weighted by molar-refractivity contribution is -0.132. The van der Waals surface area contributed by atoms with Crippen LogP contribution in [0.25, 0.3) is 0 Å². The Morgan fingerprint density at radius 2 is 2.07 bits per heavy atom. The highest BCUT2D eigenvalue weighted by Crippen LogP contribution is 2.29. The molecule has 0 radical (unpaired) electrons. The van der Waals surface area contributed by atoms with Crippen LogP contribution in [0.4, 0.5) is 15.9 Å². The number of pyridine rings is 2. The molecular formula is C23H23FN4O2. The van der Waals surface area contributed by atoms with Crippen molar-refractivity contribution < 1.29 is 13.9 Å². The number of benzene rings is 1. The van der Waals surface area contributed by atoms with Crippen LogP contribution >= 0.6 is 0 Å². The van der Waals surface area contributed by atoms with Gasteiger partial charge in [0.1, 0.15) is 17.4 Å². The second kappa shape index (κ2) is 8.90. The standard InChI is InChI=1S/C23H23FN4O2/c1-16-11-19(27-22-8-7-18(24)13-25-22)12-21(26-16)17-9-10-28(14-17)23(29)15-30-20-5-3-2-4-6-20/h2-8,11-13,17H,9-10,14-15H2,1H3,(H,25,26,27)/t17-/m1/s1. The van der Waals surface area contributed by atoms with E-state index < -0.39 is 0 Å². The number of hydrogen-bond donors (Lipinski definition) is 1. The number of carbonyl (C=O) groups excluding carboxylic acids is 1. The first-order chi connectivity index (χ1) is 14.6. The number of aromatic nitrogens is 2. The summed E-state index contributed by atoms with van der Waals surface area (Å²) in [5.74, 6) is 1.01. The van der Waals surface area contributed by atoms with Crippen molar-refractivity contribution in [3.63, 3.8) is 0 Å². The Labute approximate surface area is 174 Å². The topological polar surface area (TPSA) is 67.4 Å². The zero-order valence-electron chi connectivity index (χ0n) is 16.7. The molecule has 0 aliphatic carbocycles. The summed E-state index contributed by atoms with van der Waals surface area (Å²) in [5, 5.41) is 3.19. The Balaban J connectivity index is 1.39. The fraction of sp³-hybridized carbons (Fsp3) is 0.261. The summed E-state index contributed by atoms with van der Waals surface area (Å²) < 4.78 is 18.7. The Kier molecular flexibility index (Phi) is 5.88. The fourth-order valence-corrected chi connectivity index (χ4v) is 3.55. The molecule has 1 fully saturated rings. The van der Waals surface area contributed by atoms with Gasteiger partial charge >= 0.3 is 0 Å². The number of nitrogens with zero attached hydrogens (tertiary/aromatic N) is 3. The Morgan fingerprint density at radius 1 is 1.23 bits per heavy atom. The highest BCUT2D eigenvalue weighted by atomic mass is 19.1. The highest BCUT2D eigenvalue weighted by molar-refractivity contribution is 5.78. The van der Waals surface area contributed by atoms with Crippen molar-refractivity contribution >= 4 is 17.4 Å². The van der Waals surface area contributed by atoms with Crippen LogP contribution in [0.1, 0.15) is 23.7 Å². The van der Waals surface area contributed by atoms with Crippen LogP contribution < -0.4 is 10.1 Å². The number of ether oxygens (including phenoxy) is 1. The van der Waals surface area contributed by atoms with Crippen molar-refractivity contribution in [3.8, 4) is 5.75 Å². The lowest BCUT2D eigenvalue weighted by Crippen LogP contribution is -2.32. The Hall–Kier alpha value is -3.48. The van der Waals surface area contributed by atoms with E-state index in [2.05, 4.69) is 15.3 Å². The smallest absolute Gasteiger partial charge is 0.260 e. The quantitative estimate of drug-likeness (QED) is 0.669. The first-order valence-corrected chi connectivity index (χ1v) is 9.89. The summed E-state index contributed by atoms with van der Waals surface area (Å²) in [6.45, 7) is 3.25. The SMILES string of the molecule is Cc1cc(Nc2ccc(F)cn2)cc([C@@H]2CCN(C(=O)COc3ccccc3)C2)n1. The maximum atomic E-state index is 13.1. The van der Waals surface area contributed by atoms with Gasteiger partial charge in [-0.05, 0) is 49.7 Å². The fourth-order valence-electron chi connectivity index (χ4n) is 3.55. The molecule has 2 aromatic heterocycles. The predicted molar refractivity (Wildman–Crippen MR) is 112 cm³/mol. The van der Waals surface area contributed by atoms with Crippen LogP contribution in [0.15, 0.2) is 60.8 Å². The van der Waals surface area contributed by atoms with Crippen molar-refractivity contribution in [2.24, 2.45) is 0 Å². The van der Waals surface area contributed by atoms with Gasteiger partial charge in [0.25, 0.3) is 5.91 Å². The molecule has 0 saturated carbocycles. The molecule has 1 aromatic carbocycles. The average molecular weight is 406 g/mol. The maximum Gasteiger partial charge on any atom is 0.260 e. The molecule has 154 valence electrons. The third-order valence-electron chi connectivity index (χ3n) is 5.04. The number of nitrogens with one attached hydrogen (secondary N) is 1. The van der Waals surface area contributed by atoms with E-state index in [0.29, 0.717) is 24.7 Å². The molecule has 1 saturated heterocycles. The van der Waals surface area contributed by atoms with Gasteiger partial charge in [-0.15, -0.1) is 0 Å². The van der Waals surface area contributed by atoms with Crippen LogP contribution in [0.2, 0.25) is 0 Å². The number of carbonyl (C=O) groups is 1. The van der Waals surface area contributed by atoms with Crippen molar-refractivity contribution in [3.05, 3.63) is 78.0 Å². The van der Waals surface area contributed by atoms with E-state index >= 15 is 0 Å². The van der Waals surface area contributed by atoms with Crippen LogP contribution in [0, 0.1) is 12.7 Å². The normalized spacial score (nSPS) is 15.8. The van der Waals surface area contributed by atoms with Crippen LogP contribution in [0.3, 0.4) is 0 Å². The molecule has 3 aromatic rings. The van der Waals surface area contributed by atoms with E-state index in [1.54, 1.807) is 6.07 Å². The molecule has 0 spiro atoms. The molecule has 1 aliphatic heterocycles. The lowest BCUT2D eigenvalue weighted by Gasteiger charge is -2.17. The van der Waals surface area contributed by atoms with E-state index in [1.165, 1.54) is 12.3 Å². The van der Waals surface area contributed by atoms with Gasteiger partial charge in [-0.25, -0.2) is 9.37 Å². The van der Waals surface area contributed by atoms with Crippen molar-refractivity contribution in [1.29, 1.82) is 0 Å². The summed E-state index contributed by atoms with van der Waals surface area (Å²) in [7, 11) is 0. The largest absolute Gasteiger partial charge is 0.484 e. The minimum atomic E-state index is -0.376. The molecule has 0 unspecified atom stereocenters. The highest BCUT2D eigenvalue weighted by Gasteiger charge is 2.28. The predicted octanol–water partition coefficient (Wildman–Crippen LogP) is 4.06. The second-order valence-electron chi connectivity index (χ2n) is 7.34. The van der Waals surface area contributed by atoms with E-state index in [0.717, 1.165) is 23.5 Å². The molecular weight excluding hydrogens is 383 g/mol. The zero-order chi connectivity index (χ0) is 20.9. The van der Waals surface area contributed by atoms with Gasteiger partial charge in [0.05, 0.1) is 6.20 Å². The second-order valence-corrected chi connectivity index (χ2v) is 7.34. The van der Waals surface area contributed by atoms with Gasteiger partial charge in [-0.2, -0.15) is 0 Å². The van der Waals surface area contributed by atoms with Crippen LogP contribution in [-0.2, 0) is 4.79 Å². The van der Waals surface area contributed by atoms with Crippen molar-refractivity contribution in [1.82, 2.24) is 14.9 Å². The summed E-state index contributed by atoms with van der Waals surface area (Å²) >= 11 is 0. The van der Waals surface area contributed by atoms with Crippen LogP contribution in [-0.4, -0.2) is 40.5 Å². The molecule has 1 atom stereocenters. The molecule has 6 nitrogen and oxygen atoms in total. The van der Waals surface area contributed by atoms with Crippen molar-refractivity contribution in [2.45, 2.75) is 19.3 Å². The molecule has 1 N–H and O–H groups in total. The molecule has 3 heterocycles. The molecule has 1 aliphatic rings. The van der Waals surface area contributed by atoms with Gasteiger partial charge in [-0.1, -0.05) is 18.2 Å². The molecule has 30 heavy (non-hydrogen) atoms. The maximum absolute atomic E-state index is 13.1. The van der Waals surface area contributed by atoms with E-state index in [-0.39, 0.29) is 24.2 Å². The Bertz CT molecular complexity index is 1010. The number of amides is 1. The summed E-state index contributed by atoms with van der Waals surface area (Å²) in [6, 6.07) is 16.2. The number of hydrogen-bond acceptors (Lipinski definition) is 5. The third-order valence-corrected chi connectivity index (χ3v) is 5.04. The number of para-hydroxylation sites is 1. The minimum Gasteiger partial charge on any atom is -0.484 e. The van der Waals surface area contributed by atoms with Gasteiger partial charge in [0.2, 0.25) is 0 Å². The molecule has 7 heteroatoms. The first kappa shape index (κ1) is 19.8. The third kappa shape index (κ3) is 4.92.